The molecule has 1 atom stereocenters. The maximum atomic E-state index is 13.5. The topological polar surface area (TPSA) is 106 Å². The quantitative estimate of drug-likeness (QED) is 0.476. The van der Waals surface area contributed by atoms with Gasteiger partial charge in [-0.2, -0.15) is 4.98 Å². The zero-order chi connectivity index (χ0) is 24.4. The van der Waals surface area contributed by atoms with Gasteiger partial charge < -0.3 is 14.4 Å². The number of aliphatic hydroxyl groups excluding tert-OH is 1. The van der Waals surface area contributed by atoms with Crippen LogP contribution in [0.2, 0.25) is 0 Å². The number of aryl methyl sites for hydroxylation is 1. The molecule has 1 aliphatic rings. The van der Waals surface area contributed by atoms with Crippen molar-refractivity contribution in [1.29, 1.82) is 0 Å². The molecule has 1 aromatic heterocycles. The van der Waals surface area contributed by atoms with Gasteiger partial charge in [0.05, 0.1) is 18.7 Å². The molecule has 34 heavy (non-hydrogen) atoms. The maximum absolute atomic E-state index is 13.5. The second kappa shape index (κ2) is 9.51. The van der Waals surface area contributed by atoms with Crippen LogP contribution in [0.4, 0.5) is 5.69 Å². The molecular weight excluding hydrogens is 434 g/mol. The van der Waals surface area contributed by atoms with Gasteiger partial charge in [0.2, 0.25) is 11.7 Å². The Labute approximate surface area is 197 Å². The van der Waals surface area contributed by atoms with Crippen LogP contribution in [-0.2, 0) is 4.79 Å². The van der Waals surface area contributed by atoms with Gasteiger partial charge in [-0.15, -0.1) is 0 Å². The molecule has 2 aromatic carbocycles. The first-order chi connectivity index (χ1) is 16.4. The van der Waals surface area contributed by atoms with Crippen molar-refractivity contribution < 1.29 is 24.0 Å². The Hall–Kier alpha value is -3.94. The van der Waals surface area contributed by atoms with Gasteiger partial charge in [0, 0.05) is 23.7 Å². The molecule has 8 heteroatoms. The molecule has 1 amide bonds. The van der Waals surface area contributed by atoms with Gasteiger partial charge in [0.1, 0.15) is 5.75 Å². The number of Topliss-reactive ketones (excluding diaryl/α,β-unsaturated/α-hetero) is 1. The lowest BCUT2D eigenvalue weighted by Gasteiger charge is -2.32. The molecule has 0 bridgehead atoms. The summed E-state index contributed by atoms with van der Waals surface area (Å²) in [6.07, 6.45) is 1.47. The van der Waals surface area contributed by atoms with Gasteiger partial charge in [-0.3, -0.25) is 14.5 Å². The van der Waals surface area contributed by atoms with E-state index in [0.29, 0.717) is 28.7 Å². The van der Waals surface area contributed by atoms with E-state index in [1.807, 2.05) is 13.8 Å². The summed E-state index contributed by atoms with van der Waals surface area (Å²) in [5.74, 6) is 0.0417. The molecule has 176 valence electrons. The second-order valence-corrected chi connectivity index (χ2v) is 8.20. The SMILES string of the molecule is CCC(CC)C1C(C(=O)c2ccc(OC)cc2)=C(O)C(=O)N1c1ccc(-c2noc(C)n2)cc1. The highest BCUT2D eigenvalue weighted by atomic mass is 16.5. The zero-order valence-corrected chi connectivity index (χ0v) is 19.6. The maximum Gasteiger partial charge on any atom is 0.294 e. The molecule has 0 spiro atoms. The van der Waals surface area contributed by atoms with Crippen molar-refractivity contribution in [3.63, 3.8) is 0 Å². The third kappa shape index (κ3) is 4.07. The number of methoxy groups -OCH3 is 1. The van der Waals surface area contributed by atoms with Crippen LogP contribution < -0.4 is 9.64 Å². The van der Waals surface area contributed by atoms with Gasteiger partial charge in [0.15, 0.2) is 11.5 Å². The van der Waals surface area contributed by atoms with E-state index in [-0.39, 0.29) is 17.3 Å². The number of hydrogen-bond donors (Lipinski definition) is 1. The van der Waals surface area contributed by atoms with Crippen LogP contribution in [0.5, 0.6) is 5.75 Å². The summed E-state index contributed by atoms with van der Waals surface area (Å²) in [6, 6.07) is 13.2. The van der Waals surface area contributed by atoms with Crippen molar-refractivity contribution >= 4 is 17.4 Å². The number of carbonyl (C=O) groups excluding carboxylic acids is 2. The Balaban J connectivity index is 1.73. The van der Waals surface area contributed by atoms with Gasteiger partial charge >= 0.3 is 0 Å². The average molecular weight is 462 g/mol. The Kier molecular flexibility index (Phi) is 6.49. The molecule has 2 heterocycles. The summed E-state index contributed by atoms with van der Waals surface area (Å²) in [4.78, 5) is 32.5. The smallest absolute Gasteiger partial charge is 0.294 e. The summed E-state index contributed by atoms with van der Waals surface area (Å²) in [5, 5.41) is 14.8. The lowest BCUT2D eigenvalue weighted by Crippen LogP contribution is -2.42. The van der Waals surface area contributed by atoms with Crippen LogP contribution >= 0.6 is 0 Å². The van der Waals surface area contributed by atoms with Crippen LogP contribution in [0.15, 0.2) is 64.4 Å². The molecule has 0 fully saturated rings. The highest BCUT2D eigenvalue weighted by Gasteiger charge is 2.46. The van der Waals surface area contributed by atoms with E-state index in [1.165, 1.54) is 4.90 Å². The van der Waals surface area contributed by atoms with Gasteiger partial charge in [-0.05, 0) is 54.4 Å². The molecule has 0 aliphatic carbocycles. The predicted octanol–water partition coefficient (Wildman–Crippen LogP) is 4.90. The molecule has 4 rings (SSSR count). The summed E-state index contributed by atoms with van der Waals surface area (Å²) in [6.45, 7) is 5.75. The molecular formula is C26H27N3O5. The number of hydrogen-bond acceptors (Lipinski definition) is 7. The van der Waals surface area contributed by atoms with E-state index in [4.69, 9.17) is 9.26 Å². The van der Waals surface area contributed by atoms with Crippen molar-refractivity contribution in [2.24, 2.45) is 5.92 Å². The summed E-state index contributed by atoms with van der Waals surface area (Å²) < 4.78 is 10.2. The number of nitrogens with zero attached hydrogens (tertiary/aromatic N) is 3. The first-order valence-corrected chi connectivity index (χ1v) is 11.3. The number of amides is 1. The number of rotatable bonds is 8. The van der Waals surface area contributed by atoms with Crippen LogP contribution in [0, 0.1) is 12.8 Å². The first kappa shape index (κ1) is 23.2. The normalized spacial score (nSPS) is 16.0. The van der Waals surface area contributed by atoms with Gasteiger partial charge in [-0.25, -0.2) is 0 Å². The van der Waals surface area contributed by atoms with Crippen molar-refractivity contribution in [2.75, 3.05) is 12.0 Å². The lowest BCUT2D eigenvalue weighted by atomic mass is 9.85. The Bertz CT molecular complexity index is 1220. The minimum Gasteiger partial charge on any atom is -0.503 e. The number of ketones is 1. The van der Waals surface area contributed by atoms with Crippen molar-refractivity contribution in [3.05, 3.63) is 71.3 Å². The number of benzene rings is 2. The minimum atomic E-state index is -0.588. The average Bonchev–Trinajstić information content (AvgIpc) is 3.41. The van der Waals surface area contributed by atoms with Gasteiger partial charge in [0.25, 0.3) is 5.91 Å². The van der Waals surface area contributed by atoms with Gasteiger partial charge in [-0.1, -0.05) is 31.8 Å². The Morgan fingerprint density at radius 1 is 1.12 bits per heavy atom. The Morgan fingerprint density at radius 2 is 1.76 bits per heavy atom. The van der Waals surface area contributed by atoms with E-state index < -0.39 is 17.7 Å². The van der Waals surface area contributed by atoms with E-state index in [1.54, 1.807) is 62.6 Å². The number of anilines is 1. The fraction of sp³-hybridized carbons (Fsp3) is 0.308. The molecule has 8 nitrogen and oxygen atoms in total. The standard InChI is InChI=1S/C26H27N3O5/c1-5-16(6-2)22-21(23(30)17-9-13-20(33-4)14-10-17)24(31)26(32)29(22)19-11-7-18(8-12-19)25-27-15(3)34-28-25/h7-14,16,22,31H,5-6H2,1-4H3. The second-order valence-electron chi connectivity index (χ2n) is 8.20. The first-order valence-electron chi connectivity index (χ1n) is 11.3. The molecule has 1 aliphatic heterocycles. The molecule has 1 N–H and O–H groups in total. The number of aliphatic hydroxyl groups is 1. The van der Waals surface area contributed by atoms with E-state index in [9.17, 15) is 14.7 Å². The van der Waals surface area contributed by atoms with Crippen LogP contribution in [0.25, 0.3) is 11.4 Å². The number of carbonyl (C=O) groups is 2. The largest absolute Gasteiger partial charge is 0.503 e. The molecule has 0 radical (unpaired) electrons. The fourth-order valence-corrected chi connectivity index (χ4v) is 4.41. The summed E-state index contributed by atoms with van der Waals surface area (Å²) >= 11 is 0. The van der Waals surface area contributed by atoms with E-state index in [0.717, 1.165) is 18.4 Å². The van der Waals surface area contributed by atoms with Crippen molar-refractivity contribution in [2.45, 2.75) is 39.7 Å². The zero-order valence-electron chi connectivity index (χ0n) is 19.6. The van der Waals surface area contributed by atoms with E-state index >= 15 is 0 Å². The van der Waals surface area contributed by atoms with E-state index in [2.05, 4.69) is 10.1 Å². The summed E-state index contributed by atoms with van der Waals surface area (Å²) in [7, 11) is 1.55. The molecule has 3 aromatic rings. The Morgan fingerprint density at radius 3 is 2.29 bits per heavy atom. The number of aromatic nitrogens is 2. The predicted molar refractivity (Wildman–Crippen MR) is 127 cm³/mol. The molecule has 1 unspecified atom stereocenters. The third-order valence-corrected chi connectivity index (χ3v) is 6.27. The highest BCUT2D eigenvalue weighted by molar-refractivity contribution is 6.20. The van der Waals surface area contributed by atoms with Crippen molar-refractivity contribution in [1.82, 2.24) is 10.1 Å². The fourth-order valence-electron chi connectivity index (χ4n) is 4.41. The molecule has 0 saturated heterocycles. The van der Waals surface area contributed by atoms with Crippen LogP contribution in [-0.4, -0.2) is 40.1 Å². The monoisotopic (exact) mass is 461 g/mol. The minimum absolute atomic E-state index is 0.0228. The summed E-state index contributed by atoms with van der Waals surface area (Å²) in [5.41, 5.74) is 1.82. The molecule has 0 saturated carbocycles. The third-order valence-electron chi connectivity index (χ3n) is 6.27. The number of ether oxygens (including phenoxy) is 1. The van der Waals surface area contributed by atoms with Crippen molar-refractivity contribution in [3.8, 4) is 17.1 Å². The van der Waals surface area contributed by atoms with Crippen LogP contribution in [0.3, 0.4) is 0 Å². The van der Waals surface area contributed by atoms with Crippen LogP contribution in [0.1, 0.15) is 42.9 Å². The highest BCUT2D eigenvalue weighted by Crippen LogP contribution is 2.38. The lowest BCUT2D eigenvalue weighted by molar-refractivity contribution is -0.117.